The Bertz CT molecular complexity index is 241. The normalized spacial score (nSPS) is 13.3. The summed E-state index contributed by atoms with van der Waals surface area (Å²) in [5.74, 6) is 0.444. The summed E-state index contributed by atoms with van der Waals surface area (Å²) in [7, 11) is 0. The van der Waals surface area contributed by atoms with Gasteiger partial charge in [-0.3, -0.25) is 0 Å². The second-order valence-electron chi connectivity index (χ2n) is 2.41. The molecular formula is C6H13N5. The number of hydrogen-bond donors (Lipinski definition) is 3. The van der Waals surface area contributed by atoms with Gasteiger partial charge in [-0.15, -0.1) is 0 Å². The zero-order valence-corrected chi connectivity index (χ0v) is 6.49. The largest absolute Gasteiger partial charge is 0.394 e. The van der Waals surface area contributed by atoms with Crippen molar-refractivity contribution in [3.8, 4) is 0 Å². The third-order valence-electron chi connectivity index (χ3n) is 1.60. The van der Waals surface area contributed by atoms with E-state index in [4.69, 9.17) is 17.2 Å². The molecule has 0 bridgehead atoms. The first-order valence-corrected chi connectivity index (χ1v) is 3.50. The smallest absolute Gasteiger partial charge is 0.146 e. The lowest BCUT2D eigenvalue weighted by atomic mass is 10.4. The summed E-state index contributed by atoms with van der Waals surface area (Å²) >= 11 is 0. The Balaban J connectivity index is 2.94. The zero-order chi connectivity index (χ0) is 8.43. The Hall–Kier alpha value is -1.23. The average Bonchev–Trinajstić information content (AvgIpc) is 2.32. The van der Waals surface area contributed by atoms with E-state index in [0.29, 0.717) is 11.5 Å². The van der Waals surface area contributed by atoms with Crippen LogP contribution in [-0.4, -0.2) is 9.78 Å². The van der Waals surface area contributed by atoms with Gasteiger partial charge in [-0.05, 0) is 6.42 Å². The van der Waals surface area contributed by atoms with Gasteiger partial charge in [-0.2, -0.15) is 5.10 Å². The molecule has 0 aromatic carbocycles. The molecule has 1 aromatic rings. The van der Waals surface area contributed by atoms with E-state index < -0.39 is 0 Å². The summed E-state index contributed by atoms with van der Waals surface area (Å²) in [5.41, 5.74) is 17.2. The van der Waals surface area contributed by atoms with Crippen molar-refractivity contribution in [2.75, 3.05) is 11.5 Å². The fraction of sp³-hybridized carbons (Fsp3) is 0.500. The minimum atomic E-state index is -0.174. The fourth-order valence-corrected chi connectivity index (χ4v) is 0.822. The summed E-state index contributed by atoms with van der Waals surface area (Å²) in [6.07, 6.45) is 2.11. The lowest BCUT2D eigenvalue weighted by molar-refractivity contribution is 0.463. The second-order valence-corrected chi connectivity index (χ2v) is 2.41. The van der Waals surface area contributed by atoms with E-state index in [9.17, 15) is 0 Å². The van der Waals surface area contributed by atoms with E-state index in [-0.39, 0.29) is 6.17 Å². The van der Waals surface area contributed by atoms with E-state index in [1.54, 1.807) is 0 Å². The number of rotatable bonds is 2. The van der Waals surface area contributed by atoms with E-state index in [1.807, 2.05) is 6.92 Å². The first-order chi connectivity index (χ1) is 5.16. The number of anilines is 2. The van der Waals surface area contributed by atoms with E-state index in [2.05, 4.69) is 5.10 Å². The number of nitrogen functional groups attached to an aromatic ring is 2. The van der Waals surface area contributed by atoms with Gasteiger partial charge in [0.05, 0.1) is 11.9 Å². The van der Waals surface area contributed by atoms with Gasteiger partial charge >= 0.3 is 0 Å². The van der Waals surface area contributed by atoms with Crippen LogP contribution in [0.4, 0.5) is 11.5 Å². The van der Waals surface area contributed by atoms with Crippen LogP contribution in [0, 0.1) is 0 Å². The first-order valence-electron chi connectivity index (χ1n) is 3.50. The predicted octanol–water partition coefficient (Wildman–Crippen LogP) is -0.0852. The molecule has 6 N–H and O–H groups in total. The molecule has 1 unspecified atom stereocenters. The standard InChI is InChI=1S/C6H13N5/c1-2-5(8)11-6(9)4(7)3-10-11/h3,5H,2,7-9H2,1H3. The number of aromatic nitrogens is 2. The van der Waals surface area contributed by atoms with Crippen LogP contribution in [0.25, 0.3) is 0 Å². The highest BCUT2D eigenvalue weighted by molar-refractivity contribution is 5.57. The summed E-state index contributed by atoms with van der Waals surface area (Å²) < 4.78 is 1.52. The van der Waals surface area contributed by atoms with Crippen molar-refractivity contribution in [3.63, 3.8) is 0 Å². The first kappa shape index (κ1) is 7.87. The van der Waals surface area contributed by atoms with Crippen LogP contribution in [-0.2, 0) is 0 Å². The maximum absolute atomic E-state index is 5.67. The topological polar surface area (TPSA) is 95.9 Å². The van der Waals surface area contributed by atoms with Gasteiger partial charge in [0.25, 0.3) is 0 Å². The number of nitrogens with zero attached hydrogens (tertiary/aromatic N) is 2. The van der Waals surface area contributed by atoms with Crippen LogP contribution in [0.3, 0.4) is 0 Å². The van der Waals surface area contributed by atoms with Crippen LogP contribution in [0.15, 0.2) is 6.20 Å². The third-order valence-corrected chi connectivity index (χ3v) is 1.60. The lowest BCUT2D eigenvalue weighted by Gasteiger charge is -2.10. The van der Waals surface area contributed by atoms with Gasteiger partial charge in [0.1, 0.15) is 12.0 Å². The average molecular weight is 155 g/mol. The molecule has 0 aliphatic rings. The van der Waals surface area contributed by atoms with Crippen LogP contribution >= 0.6 is 0 Å². The Morgan fingerprint density at radius 2 is 2.27 bits per heavy atom. The van der Waals surface area contributed by atoms with Gasteiger partial charge < -0.3 is 17.2 Å². The molecule has 0 radical (unpaired) electrons. The molecule has 0 amide bonds. The highest BCUT2D eigenvalue weighted by atomic mass is 15.4. The Morgan fingerprint density at radius 3 is 2.64 bits per heavy atom. The van der Waals surface area contributed by atoms with Crippen LogP contribution in [0.2, 0.25) is 0 Å². The summed E-state index contributed by atoms with van der Waals surface area (Å²) in [4.78, 5) is 0. The summed E-state index contributed by atoms with van der Waals surface area (Å²) in [6.45, 7) is 1.96. The Morgan fingerprint density at radius 1 is 1.64 bits per heavy atom. The SMILES string of the molecule is CCC(N)n1ncc(N)c1N. The minimum absolute atomic E-state index is 0.174. The highest BCUT2D eigenvalue weighted by Gasteiger charge is 2.08. The van der Waals surface area contributed by atoms with Crippen molar-refractivity contribution in [1.29, 1.82) is 0 Å². The Labute approximate surface area is 65.2 Å². The molecule has 1 rings (SSSR count). The molecule has 0 fully saturated rings. The quantitative estimate of drug-likeness (QED) is 0.556. The van der Waals surface area contributed by atoms with Gasteiger partial charge in [-0.25, -0.2) is 4.68 Å². The van der Waals surface area contributed by atoms with Gasteiger partial charge in [0.15, 0.2) is 0 Å². The molecular weight excluding hydrogens is 142 g/mol. The van der Waals surface area contributed by atoms with Crippen molar-refractivity contribution >= 4 is 11.5 Å². The molecule has 0 saturated carbocycles. The van der Waals surface area contributed by atoms with Crippen LogP contribution in [0.1, 0.15) is 19.5 Å². The van der Waals surface area contributed by atoms with Crippen molar-refractivity contribution in [1.82, 2.24) is 9.78 Å². The molecule has 1 aromatic heterocycles. The Kier molecular flexibility index (Phi) is 2.00. The zero-order valence-electron chi connectivity index (χ0n) is 6.49. The molecule has 0 aliphatic carbocycles. The van der Waals surface area contributed by atoms with Crippen molar-refractivity contribution < 1.29 is 0 Å². The highest BCUT2D eigenvalue weighted by Crippen LogP contribution is 2.16. The van der Waals surface area contributed by atoms with Crippen molar-refractivity contribution in [2.24, 2.45) is 5.73 Å². The molecule has 11 heavy (non-hydrogen) atoms. The number of hydrogen-bond acceptors (Lipinski definition) is 4. The van der Waals surface area contributed by atoms with Gasteiger partial charge in [-0.1, -0.05) is 6.92 Å². The second kappa shape index (κ2) is 2.79. The summed E-state index contributed by atoms with van der Waals surface area (Å²) in [6, 6.07) is 0. The summed E-state index contributed by atoms with van der Waals surface area (Å²) in [5, 5.41) is 3.93. The molecule has 0 aliphatic heterocycles. The van der Waals surface area contributed by atoms with Gasteiger partial charge in [0, 0.05) is 0 Å². The molecule has 62 valence electrons. The molecule has 0 saturated heterocycles. The van der Waals surface area contributed by atoms with Gasteiger partial charge in [0.2, 0.25) is 0 Å². The molecule has 0 spiro atoms. The monoisotopic (exact) mass is 155 g/mol. The minimum Gasteiger partial charge on any atom is -0.394 e. The molecule has 5 nitrogen and oxygen atoms in total. The predicted molar refractivity (Wildman–Crippen MR) is 44.6 cm³/mol. The fourth-order valence-electron chi connectivity index (χ4n) is 0.822. The third kappa shape index (κ3) is 1.27. The molecule has 1 heterocycles. The maximum atomic E-state index is 5.67. The lowest BCUT2D eigenvalue weighted by Crippen LogP contribution is -2.20. The van der Waals surface area contributed by atoms with Crippen LogP contribution < -0.4 is 17.2 Å². The van der Waals surface area contributed by atoms with E-state index >= 15 is 0 Å². The molecule has 1 atom stereocenters. The van der Waals surface area contributed by atoms with Crippen LogP contribution in [0.5, 0.6) is 0 Å². The van der Waals surface area contributed by atoms with E-state index in [0.717, 1.165) is 6.42 Å². The van der Waals surface area contributed by atoms with Crippen molar-refractivity contribution in [3.05, 3.63) is 6.20 Å². The number of nitrogens with two attached hydrogens (primary N) is 3. The molecule has 5 heteroatoms. The van der Waals surface area contributed by atoms with E-state index in [1.165, 1.54) is 10.9 Å². The van der Waals surface area contributed by atoms with Crippen molar-refractivity contribution in [2.45, 2.75) is 19.5 Å². The maximum Gasteiger partial charge on any atom is 0.146 e.